The molecule has 1 fully saturated rings. The van der Waals surface area contributed by atoms with Crippen molar-refractivity contribution < 1.29 is 18.4 Å². The SMILES string of the molecule is CCn1nc(C(=O)N2CCN(c3ccccc3)CC2)c2c1CCN(C(=O)Cc1cccc(F)c1F)C2. The predicted molar refractivity (Wildman–Crippen MR) is 132 cm³/mol. The van der Waals surface area contributed by atoms with E-state index in [4.69, 9.17) is 0 Å². The molecule has 0 bridgehead atoms. The van der Waals surface area contributed by atoms with E-state index in [-0.39, 0.29) is 30.3 Å². The van der Waals surface area contributed by atoms with E-state index in [1.54, 1.807) is 4.90 Å². The van der Waals surface area contributed by atoms with Crippen LogP contribution in [0.1, 0.15) is 34.2 Å². The van der Waals surface area contributed by atoms with Crippen LogP contribution in [0.3, 0.4) is 0 Å². The number of halogens is 2. The number of piperazine rings is 1. The number of nitrogens with zero attached hydrogens (tertiary/aromatic N) is 5. The molecule has 3 heterocycles. The molecule has 0 atom stereocenters. The van der Waals surface area contributed by atoms with E-state index in [9.17, 15) is 18.4 Å². The molecule has 0 unspecified atom stereocenters. The Hall–Kier alpha value is -3.75. The molecule has 0 spiro atoms. The van der Waals surface area contributed by atoms with Gasteiger partial charge in [0.2, 0.25) is 5.91 Å². The quantitative estimate of drug-likeness (QED) is 0.548. The average Bonchev–Trinajstić information content (AvgIpc) is 3.29. The van der Waals surface area contributed by atoms with Crippen molar-refractivity contribution in [2.45, 2.75) is 32.9 Å². The van der Waals surface area contributed by atoms with Crippen molar-refractivity contribution in [3.63, 3.8) is 0 Å². The van der Waals surface area contributed by atoms with Gasteiger partial charge in [0.25, 0.3) is 5.91 Å². The first-order valence-corrected chi connectivity index (χ1v) is 12.3. The third kappa shape index (κ3) is 4.57. The average molecular weight is 494 g/mol. The van der Waals surface area contributed by atoms with Gasteiger partial charge >= 0.3 is 0 Å². The minimum atomic E-state index is -0.993. The first-order chi connectivity index (χ1) is 17.5. The number of hydrogen-bond donors (Lipinski definition) is 0. The van der Waals surface area contributed by atoms with Gasteiger partial charge in [-0.05, 0) is 25.1 Å². The fraction of sp³-hybridized carbons (Fsp3) is 0.370. The summed E-state index contributed by atoms with van der Waals surface area (Å²) in [6.45, 7) is 5.91. The fourth-order valence-electron chi connectivity index (χ4n) is 5.05. The second-order valence-electron chi connectivity index (χ2n) is 9.16. The van der Waals surface area contributed by atoms with E-state index in [0.29, 0.717) is 38.3 Å². The van der Waals surface area contributed by atoms with E-state index in [1.807, 2.05) is 34.7 Å². The number of rotatable bonds is 5. The summed E-state index contributed by atoms with van der Waals surface area (Å²) in [7, 11) is 0. The number of anilines is 1. The second-order valence-corrected chi connectivity index (χ2v) is 9.16. The van der Waals surface area contributed by atoms with E-state index in [1.165, 1.54) is 12.1 Å². The topological polar surface area (TPSA) is 61.7 Å². The van der Waals surface area contributed by atoms with Crippen LogP contribution in [-0.4, -0.2) is 64.1 Å². The Morgan fingerprint density at radius 2 is 1.67 bits per heavy atom. The van der Waals surface area contributed by atoms with E-state index >= 15 is 0 Å². The van der Waals surface area contributed by atoms with Crippen LogP contribution in [0.4, 0.5) is 14.5 Å². The Balaban J connectivity index is 1.31. The van der Waals surface area contributed by atoms with Gasteiger partial charge in [-0.2, -0.15) is 5.10 Å². The molecule has 0 N–H and O–H groups in total. The summed E-state index contributed by atoms with van der Waals surface area (Å²) < 4.78 is 29.6. The lowest BCUT2D eigenvalue weighted by Crippen LogP contribution is -2.49. The van der Waals surface area contributed by atoms with Crippen molar-refractivity contribution in [1.29, 1.82) is 0 Å². The Bertz CT molecular complexity index is 1270. The number of aryl methyl sites for hydroxylation is 1. The van der Waals surface area contributed by atoms with Crippen molar-refractivity contribution >= 4 is 17.5 Å². The van der Waals surface area contributed by atoms with Crippen LogP contribution >= 0.6 is 0 Å². The number of carbonyl (C=O) groups excluding carboxylic acids is 2. The summed E-state index contributed by atoms with van der Waals surface area (Å²) in [5.41, 5.74) is 3.27. The van der Waals surface area contributed by atoms with E-state index in [0.717, 1.165) is 36.1 Å². The Morgan fingerprint density at radius 1 is 0.917 bits per heavy atom. The molecule has 2 aromatic carbocycles. The lowest BCUT2D eigenvalue weighted by Gasteiger charge is -2.36. The molecule has 36 heavy (non-hydrogen) atoms. The molecular formula is C27H29F2N5O2. The molecule has 2 aliphatic rings. The first kappa shape index (κ1) is 24.0. The molecule has 1 aromatic heterocycles. The van der Waals surface area contributed by atoms with Crippen molar-refractivity contribution in [3.05, 3.63) is 82.7 Å². The summed E-state index contributed by atoms with van der Waals surface area (Å²) in [6, 6.07) is 14.0. The van der Waals surface area contributed by atoms with E-state index in [2.05, 4.69) is 22.1 Å². The number of amides is 2. The molecule has 9 heteroatoms. The molecule has 0 radical (unpaired) electrons. The molecule has 3 aromatic rings. The highest BCUT2D eigenvalue weighted by molar-refractivity contribution is 5.94. The van der Waals surface area contributed by atoms with Gasteiger partial charge in [0.15, 0.2) is 17.3 Å². The first-order valence-electron chi connectivity index (χ1n) is 12.3. The van der Waals surface area contributed by atoms with Crippen molar-refractivity contribution in [3.8, 4) is 0 Å². The van der Waals surface area contributed by atoms with Crippen LogP contribution in [0.2, 0.25) is 0 Å². The van der Waals surface area contributed by atoms with Crippen LogP contribution in [-0.2, 0) is 30.7 Å². The maximum atomic E-state index is 14.1. The maximum Gasteiger partial charge on any atom is 0.274 e. The Kier molecular flexibility index (Phi) is 6.71. The number of benzene rings is 2. The fourth-order valence-corrected chi connectivity index (χ4v) is 5.05. The zero-order chi connectivity index (χ0) is 25.2. The number of aromatic nitrogens is 2. The lowest BCUT2D eigenvalue weighted by molar-refractivity contribution is -0.131. The third-order valence-corrected chi connectivity index (χ3v) is 7.05. The summed E-state index contributed by atoms with van der Waals surface area (Å²) in [5, 5.41) is 4.63. The number of hydrogen-bond acceptors (Lipinski definition) is 4. The molecule has 1 saturated heterocycles. The molecule has 188 valence electrons. The summed E-state index contributed by atoms with van der Waals surface area (Å²) in [4.78, 5) is 32.2. The highest BCUT2D eigenvalue weighted by Crippen LogP contribution is 2.26. The second kappa shape index (κ2) is 10.1. The van der Waals surface area contributed by atoms with Gasteiger partial charge in [0, 0.05) is 74.7 Å². The molecule has 2 aliphatic heterocycles. The van der Waals surface area contributed by atoms with Gasteiger partial charge in [-0.15, -0.1) is 0 Å². The highest BCUT2D eigenvalue weighted by atomic mass is 19.2. The Labute approximate surface area is 208 Å². The molecule has 2 amide bonds. The predicted octanol–water partition coefficient (Wildman–Crippen LogP) is 3.27. The van der Waals surface area contributed by atoms with Gasteiger partial charge in [0.1, 0.15) is 0 Å². The van der Waals surface area contributed by atoms with Crippen molar-refractivity contribution in [2.75, 3.05) is 37.6 Å². The van der Waals surface area contributed by atoms with Gasteiger partial charge < -0.3 is 14.7 Å². The normalized spacial score (nSPS) is 15.7. The van der Waals surface area contributed by atoms with Crippen LogP contribution in [0.25, 0.3) is 0 Å². The summed E-state index contributed by atoms with van der Waals surface area (Å²) in [6.07, 6.45) is 0.328. The third-order valence-electron chi connectivity index (χ3n) is 7.05. The minimum absolute atomic E-state index is 0.0302. The van der Waals surface area contributed by atoms with Gasteiger partial charge in [-0.25, -0.2) is 8.78 Å². The van der Waals surface area contributed by atoms with Crippen molar-refractivity contribution in [2.24, 2.45) is 0 Å². The number of carbonyl (C=O) groups is 2. The van der Waals surface area contributed by atoms with Gasteiger partial charge in [-0.3, -0.25) is 14.3 Å². The van der Waals surface area contributed by atoms with Gasteiger partial charge in [-0.1, -0.05) is 30.3 Å². The zero-order valence-corrected chi connectivity index (χ0v) is 20.3. The van der Waals surface area contributed by atoms with Crippen LogP contribution in [0.5, 0.6) is 0 Å². The monoisotopic (exact) mass is 493 g/mol. The molecular weight excluding hydrogens is 464 g/mol. The molecule has 0 saturated carbocycles. The maximum absolute atomic E-state index is 14.1. The number of para-hydroxylation sites is 1. The molecule has 5 rings (SSSR count). The highest BCUT2D eigenvalue weighted by Gasteiger charge is 2.33. The van der Waals surface area contributed by atoms with E-state index < -0.39 is 11.6 Å². The Morgan fingerprint density at radius 3 is 2.39 bits per heavy atom. The van der Waals surface area contributed by atoms with Gasteiger partial charge in [0.05, 0.1) is 6.42 Å². The lowest BCUT2D eigenvalue weighted by atomic mass is 10.0. The van der Waals surface area contributed by atoms with Crippen LogP contribution < -0.4 is 4.90 Å². The van der Waals surface area contributed by atoms with Crippen LogP contribution in [0, 0.1) is 11.6 Å². The largest absolute Gasteiger partial charge is 0.368 e. The summed E-state index contributed by atoms with van der Waals surface area (Å²) in [5.74, 6) is -2.39. The standard InChI is InChI=1S/C27H29F2N5O2/c1-2-34-23-11-12-33(24(35)17-19-7-6-10-22(28)25(19)29)18-21(23)26(30-34)27(36)32-15-13-31(14-16-32)20-8-4-3-5-9-20/h3-10H,2,11-18H2,1H3. The van der Waals surface area contributed by atoms with Crippen molar-refractivity contribution in [1.82, 2.24) is 19.6 Å². The van der Waals surface area contributed by atoms with Crippen LogP contribution in [0.15, 0.2) is 48.5 Å². The summed E-state index contributed by atoms with van der Waals surface area (Å²) >= 11 is 0. The molecule has 0 aliphatic carbocycles. The zero-order valence-electron chi connectivity index (χ0n) is 20.3. The molecule has 7 nitrogen and oxygen atoms in total. The smallest absolute Gasteiger partial charge is 0.274 e. The minimum Gasteiger partial charge on any atom is -0.368 e. The number of fused-ring (bicyclic) bond motifs is 1.